The molecule has 0 aliphatic carbocycles. The predicted molar refractivity (Wildman–Crippen MR) is 152 cm³/mol. The lowest BCUT2D eigenvalue weighted by atomic mass is 9.80. The van der Waals surface area contributed by atoms with Gasteiger partial charge in [-0.15, -0.1) is 0 Å². The fourth-order valence-electron chi connectivity index (χ4n) is 6.02. The van der Waals surface area contributed by atoms with Gasteiger partial charge in [-0.2, -0.15) is 0 Å². The van der Waals surface area contributed by atoms with Crippen LogP contribution in [-0.4, -0.2) is 53.8 Å². The van der Waals surface area contributed by atoms with Crippen molar-refractivity contribution in [1.82, 2.24) is 9.80 Å². The number of rotatable bonds is 8. The Morgan fingerprint density at radius 2 is 1.23 bits per heavy atom. The molecule has 0 bridgehead atoms. The van der Waals surface area contributed by atoms with Crippen LogP contribution in [0.3, 0.4) is 0 Å². The number of ether oxygens (including phenoxy) is 2. The number of amides is 1. The van der Waals surface area contributed by atoms with E-state index >= 15 is 0 Å². The molecule has 2 aliphatic rings. The lowest BCUT2D eigenvalue weighted by Gasteiger charge is -2.42. The molecule has 2 heterocycles. The zero-order valence-electron chi connectivity index (χ0n) is 22.2. The molecule has 6 rings (SSSR count). The van der Waals surface area contributed by atoms with Crippen LogP contribution >= 0.6 is 0 Å². The van der Waals surface area contributed by atoms with Gasteiger partial charge in [0.1, 0.15) is 11.7 Å². The summed E-state index contributed by atoms with van der Waals surface area (Å²) in [6, 6.07) is 41.6. The molecule has 0 saturated carbocycles. The summed E-state index contributed by atoms with van der Waals surface area (Å²) in [6.45, 7) is 4.69. The smallest absolute Gasteiger partial charge is 0.410 e. The van der Waals surface area contributed by atoms with Crippen LogP contribution in [0.4, 0.5) is 4.79 Å². The summed E-state index contributed by atoms with van der Waals surface area (Å²) in [4.78, 5) is 17.3. The van der Waals surface area contributed by atoms with Crippen molar-refractivity contribution < 1.29 is 14.3 Å². The van der Waals surface area contributed by atoms with Gasteiger partial charge in [-0.05, 0) is 29.2 Å². The van der Waals surface area contributed by atoms with Crippen molar-refractivity contribution in [3.05, 3.63) is 144 Å². The maximum atomic E-state index is 13.0. The fraction of sp³-hybridized carbons (Fsp3) is 0.265. The summed E-state index contributed by atoms with van der Waals surface area (Å²) < 4.78 is 13.0. The highest BCUT2D eigenvalue weighted by molar-refractivity contribution is 5.71. The fourth-order valence-corrected chi connectivity index (χ4v) is 6.02. The molecule has 3 atom stereocenters. The number of hydrogen-bond acceptors (Lipinski definition) is 4. The number of cyclic esters (lactones) is 1. The Morgan fingerprint density at radius 1 is 0.744 bits per heavy atom. The van der Waals surface area contributed by atoms with Gasteiger partial charge in [-0.3, -0.25) is 9.80 Å². The molecule has 0 N–H and O–H groups in total. The van der Waals surface area contributed by atoms with Crippen LogP contribution in [0.5, 0.6) is 0 Å². The second kappa shape index (κ2) is 11.0. The molecule has 198 valence electrons. The van der Waals surface area contributed by atoms with E-state index in [4.69, 9.17) is 9.47 Å². The number of fused-ring (bicyclic) bond motifs is 1. The van der Waals surface area contributed by atoms with Gasteiger partial charge in [-0.25, -0.2) is 4.79 Å². The largest absolute Gasteiger partial charge is 0.441 e. The van der Waals surface area contributed by atoms with E-state index in [1.54, 1.807) is 0 Å². The minimum absolute atomic E-state index is 0.0718. The molecule has 2 saturated heterocycles. The van der Waals surface area contributed by atoms with Gasteiger partial charge in [-0.1, -0.05) is 121 Å². The Hall–Kier alpha value is -3.93. The zero-order valence-corrected chi connectivity index (χ0v) is 22.2. The Morgan fingerprint density at radius 3 is 1.74 bits per heavy atom. The lowest BCUT2D eigenvalue weighted by Crippen LogP contribution is -2.58. The number of carbonyl (C=O) groups excluding carboxylic acids is 1. The summed E-state index contributed by atoms with van der Waals surface area (Å²) in [6.07, 6.45) is -0.622. The highest BCUT2D eigenvalue weighted by Crippen LogP contribution is 2.41. The maximum Gasteiger partial charge on any atom is 0.410 e. The Kier molecular flexibility index (Phi) is 7.18. The van der Waals surface area contributed by atoms with Crippen molar-refractivity contribution in [2.24, 2.45) is 0 Å². The van der Waals surface area contributed by atoms with Gasteiger partial charge in [0.25, 0.3) is 0 Å². The third kappa shape index (κ3) is 4.96. The average molecular weight is 519 g/mol. The highest BCUT2D eigenvalue weighted by Gasteiger charge is 2.48. The quantitative estimate of drug-likeness (QED) is 0.265. The van der Waals surface area contributed by atoms with Gasteiger partial charge >= 0.3 is 6.09 Å². The molecule has 2 fully saturated rings. The SMILES string of the molecule is C[C@H]1CN2C(=O)O[C@H](COC(c3ccccc3)(c3ccccc3)c3ccccc3)[C@H]2CN1Cc1ccccc1. The van der Waals surface area contributed by atoms with Gasteiger partial charge < -0.3 is 9.47 Å². The number of piperazine rings is 1. The van der Waals surface area contributed by atoms with Crippen LogP contribution in [0.2, 0.25) is 0 Å². The topological polar surface area (TPSA) is 42.0 Å². The van der Waals surface area contributed by atoms with E-state index in [9.17, 15) is 4.79 Å². The van der Waals surface area contributed by atoms with Crippen LogP contribution in [0.25, 0.3) is 0 Å². The molecule has 4 aromatic rings. The Labute approximate surface area is 230 Å². The molecule has 0 spiro atoms. The molecular weight excluding hydrogens is 484 g/mol. The molecule has 0 unspecified atom stereocenters. The molecule has 4 aromatic carbocycles. The van der Waals surface area contributed by atoms with E-state index in [0.717, 1.165) is 29.8 Å². The summed E-state index contributed by atoms with van der Waals surface area (Å²) >= 11 is 0. The van der Waals surface area contributed by atoms with Gasteiger partial charge in [0.05, 0.1) is 12.6 Å². The van der Waals surface area contributed by atoms with E-state index < -0.39 is 5.60 Å². The van der Waals surface area contributed by atoms with Crippen molar-refractivity contribution in [1.29, 1.82) is 0 Å². The third-order valence-corrected chi connectivity index (χ3v) is 8.06. The second-order valence-electron chi connectivity index (χ2n) is 10.5. The van der Waals surface area contributed by atoms with Crippen molar-refractivity contribution in [2.75, 3.05) is 19.7 Å². The molecule has 39 heavy (non-hydrogen) atoms. The zero-order chi connectivity index (χ0) is 26.7. The third-order valence-electron chi connectivity index (χ3n) is 8.06. The number of nitrogens with zero attached hydrogens (tertiary/aromatic N) is 2. The van der Waals surface area contributed by atoms with Crippen LogP contribution < -0.4 is 0 Å². The van der Waals surface area contributed by atoms with E-state index in [1.807, 2.05) is 65.6 Å². The van der Waals surface area contributed by atoms with Crippen molar-refractivity contribution in [3.8, 4) is 0 Å². The lowest BCUT2D eigenvalue weighted by molar-refractivity contribution is -0.0450. The molecule has 5 nitrogen and oxygen atoms in total. The summed E-state index contributed by atoms with van der Waals surface area (Å²) in [5, 5.41) is 0. The number of benzene rings is 4. The standard InChI is InChI=1S/C34H34N2O3/c1-26-22-36-31(24-35(26)23-27-14-6-2-7-15-27)32(39-33(36)37)25-38-34(28-16-8-3-9-17-28,29-18-10-4-11-19-29)30-20-12-5-13-21-30/h2-21,26,31-32H,22-25H2,1H3/t26-,31+,32+/m0/s1. The van der Waals surface area contributed by atoms with Gasteiger partial charge in [0.15, 0.2) is 0 Å². The summed E-state index contributed by atoms with van der Waals surface area (Å²) in [5.41, 5.74) is 3.52. The normalized spacial score (nSPS) is 21.4. The maximum absolute atomic E-state index is 13.0. The molecular formula is C34H34N2O3. The van der Waals surface area contributed by atoms with E-state index in [-0.39, 0.29) is 30.9 Å². The molecule has 0 radical (unpaired) electrons. The average Bonchev–Trinajstić information content (AvgIpc) is 3.29. The molecule has 5 heteroatoms. The summed E-state index contributed by atoms with van der Waals surface area (Å²) in [5.74, 6) is 0. The molecule has 1 amide bonds. The van der Waals surface area contributed by atoms with E-state index in [2.05, 4.69) is 72.5 Å². The minimum atomic E-state index is -0.852. The molecule has 0 aromatic heterocycles. The number of hydrogen-bond donors (Lipinski definition) is 0. The Bertz CT molecular complexity index is 1270. The first-order valence-electron chi connectivity index (χ1n) is 13.7. The van der Waals surface area contributed by atoms with Gasteiger partial charge in [0.2, 0.25) is 0 Å². The van der Waals surface area contributed by atoms with Crippen molar-refractivity contribution in [2.45, 2.75) is 37.3 Å². The highest BCUT2D eigenvalue weighted by atomic mass is 16.6. The predicted octanol–water partition coefficient (Wildman–Crippen LogP) is 6.09. The first kappa shape index (κ1) is 25.4. The van der Waals surface area contributed by atoms with Crippen molar-refractivity contribution in [3.63, 3.8) is 0 Å². The first-order valence-corrected chi connectivity index (χ1v) is 13.7. The Balaban J connectivity index is 1.32. The van der Waals surface area contributed by atoms with E-state index in [0.29, 0.717) is 6.54 Å². The monoisotopic (exact) mass is 518 g/mol. The minimum Gasteiger partial charge on any atom is -0.441 e. The number of carbonyl (C=O) groups is 1. The first-order chi connectivity index (χ1) is 19.1. The molecule has 2 aliphatic heterocycles. The van der Waals surface area contributed by atoms with Crippen LogP contribution in [0, 0.1) is 0 Å². The summed E-state index contributed by atoms with van der Waals surface area (Å²) in [7, 11) is 0. The second-order valence-corrected chi connectivity index (χ2v) is 10.5. The van der Waals surface area contributed by atoms with Crippen LogP contribution in [0.1, 0.15) is 29.2 Å². The van der Waals surface area contributed by atoms with Crippen LogP contribution in [-0.2, 0) is 21.6 Å². The van der Waals surface area contributed by atoms with E-state index in [1.165, 1.54) is 5.56 Å². The van der Waals surface area contributed by atoms with Crippen LogP contribution in [0.15, 0.2) is 121 Å². The van der Waals surface area contributed by atoms with Gasteiger partial charge in [0, 0.05) is 25.7 Å². The van der Waals surface area contributed by atoms with Crippen molar-refractivity contribution >= 4 is 6.09 Å².